The van der Waals surface area contributed by atoms with Gasteiger partial charge < -0.3 is 18.9 Å². The van der Waals surface area contributed by atoms with Gasteiger partial charge in [0.1, 0.15) is 0 Å². The third-order valence-corrected chi connectivity index (χ3v) is 5.41. The zero-order chi connectivity index (χ0) is 25.1. The third kappa shape index (κ3) is 14.3. The van der Waals surface area contributed by atoms with Crippen LogP contribution in [0.25, 0.3) is 0 Å². The van der Waals surface area contributed by atoms with Gasteiger partial charge in [-0.15, -0.1) is 0 Å². The van der Waals surface area contributed by atoms with E-state index in [1.165, 1.54) is 0 Å². The second-order valence-corrected chi connectivity index (χ2v) is 8.89. The Kier molecular flexibility index (Phi) is 19.1. The summed E-state index contributed by atoms with van der Waals surface area (Å²) in [5.41, 5.74) is 0. The van der Waals surface area contributed by atoms with Crippen molar-refractivity contribution >= 4 is 74.4 Å². The molecule has 0 rings (SSSR count). The van der Waals surface area contributed by atoms with E-state index in [2.05, 4.69) is 50.5 Å². The summed E-state index contributed by atoms with van der Waals surface area (Å²) >= 11 is 16.3. The maximum absolute atomic E-state index is 12.6. The van der Waals surface area contributed by atoms with Gasteiger partial charge in [0.05, 0.1) is 0 Å². The van der Waals surface area contributed by atoms with Crippen LogP contribution in [0.5, 0.6) is 0 Å². The molecule has 0 N–H and O–H groups in total. The zero-order valence-electron chi connectivity index (χ0n) is 19.0. The van der Waals surface area contributed by atoms with Gasteiger partial charge in [-0.2, -0.15) is 50.5 Å². The lowest BCUT2D eigenvalue weighted by molar-refractivity contribution is -0.365. The molecule has 0 aliphatic carbocycles. The minimum atomic E-state index is -2.53. The van der Waals surface area contributed by atoms with Crippen molar-refractivity contribution in [3.8, 4) is 0 Å². The highest BCUT2D eigenvalue weighted by atomic mass is 32.1. The number of carbonyl (C=O) groups excluding carboxylic acids is 4. The van der Waals surface area contributed by atoms with Gasteiger partial charge in [-0.1, -0.05) is 13.3 Å². The molecule has 8 nitrogen and oxygen atoms in total. The average molecular weight is 545 g/mol. The average Bonchev–Trinajstić information content (AvgIpc) is 2.78. The Bertz CT molecular complexity index is 548. The van der Waals surface area contributed by atoms with E-state index in [9.17, 15) is 19.2 Å². The number of rotatable bonds is 19. The van der Waals surface area contributed by atoms with E-state index in [4.69, 9.17) is 18.9 Å². The highest BCUT2D eigenvalue weighted by Crippen LogP contribution is 2.30. The molecule has 0 heterocycles. The third-order valence-electron chi connectivity index (χ3n) is 4.14. The summed E-state index contributed by atoms with van der Waals surface area (Å²) < 4.78 is 21.9. The van der Waals surface area contributed by atoms with Crippen molar-refractivity contribution in [2.75, 3.05) is 23.0 Å². The molecule has 0 aromatic rings. The Labute approximate surface area is 218 Å². The van der Waals surface area contributed by atoms with E-state index in [0.29, 0.717) is 55.1 Å². The Morgan fingerprint density at radius 2 is 0.970 bits per heavy atom. The van der Waals surface area contributed by atoms with Crippen molar-refractivity contribution in [2.24, 2.45) is 0 Å². The van der Waals surface area contributed by atoms with Crippen molar-refractivity contribution in [3.05, 3.63) is 0 Å². The second kappa shape index (κ2) is 19.6. The smallest absolute Gasteiger partial charge is 0.449 e. The highest BCUT2D eigenvalue weighted by Gasteiger charge is 2.53. The van der Waals surface area contributed by atoms with Gasteiger partial charge in [0.2, 0.25) is 6.10 Å². The van der Waals surface area contributed by atoms with Crippen molar-refractivity contribution in [1.82, 2.24) is 0 Å². The molecule has 0 saturated carbocycles. The summed E-state index contributed by atoms with van der Waals surface area (Å²) in [6.07, 6.45) is 0.746. The molecule has 0 aromatic heterocycles. The first-order valence-corrected chi connectivity index (χ1v) is 13.6. The summed E-state index contributed by atoms with van der Waals surface area (Å²) in [4.78, 5) is 50.1. The number of thiol groups is 4. The second-order valence-electron chi connectivity index (χ2n) is 7.10. The molecule has 1 unspecified atom stereocenters. The molecule has 0 fully saturated rings. The summed E-state index contributed by atoms with van der Waals surface area (Å²) in [5.74, 6) is -3.75. The molecule has 12 heteroatoms. The lowest BCUT2D eigenvalue weighted by atomic mass is 10.1. The van der Waals surface area contributed by atoms with Crippen LogP contribution >= 0.6 is 50.5 Å². The van der Waals surface area contributed by atoms with Crippen LogP contribution in [-0.4, -0.2) is 59.0 Å². The van der Waals surface area contributed by atoms with Gasteiger partial charge in [0, 0.05) is 25.7 Å². The van der Waals surface area contributed by atoms with Crippen LogP contribution < -0.4 is 0 Å². The Hall–Kier alpha value is -0.720. The van der Waals surface area contributed by atoms with Crippen LogP contribution in [0, 0.1) is 0 Å². The topological polar surface area (TPSA) is 105 Å². The van der Waals surface area contributed by atoms with Crippen LogP contribution in [0.1, 0.15) is 71.1 Å². The first-order chi connectivity index (χ1) is 15.8. The molecule has 33 heavy (non-hydrogen) atoms. The minimum Gasteiger partial charge on any atom is -0.449 e. The lowest BCUT2D eigenvalue weighted by Crippen LogP contribution is -2.55. The first-order valence-electron chi connectivity index (χ1n) is 11.1. The number of hydrogen-bond acceptors (Lipinski definition) is 12. The molecule has 0 radical (unpaired) electrons. The van der Waals surface area contributed by atoms with Crippen LogP contribution in [0.15, 0.2) is 0 Å². The van der Waals surface area contributed by atoms with Crippen molar-refractivity contribution < 1.29 is 38.1 Å². The van der Waals surface area contributed by atoms with Gasteiger partial charge in [-0.25, -0.2) is 0 Å². The van der Waals surface area contributed by atoms with Crippen molar-refractivity contribution in [1.29, 1.82) is 0 Å². The molecule has 0 spiro atoms. The van der Waals surface area contributed by atoms with E-state index in [1.54, 1.807) is 6.92 Å². The quantitative estimate of drug-likeness (QED) is 0.111. The van der Waals surface area contributed by atoms with E-state index >= 15 is 0 Å². The molecular formula is C21H36O8S4. The summed E-state index contributed by atoms with van der Waals surface area (Å²) in [6, 6.07) is 0. The predicted molar refractivity (Wildman–Crippen MR) is 138 cm³/mol. The lowest BCUT2D eigenvalue weighted by Gasteiger charge is -2.36. The van der Waals surface area contributed by atoms with E-state index in [1.807, 2.05) is 0 Å². The SMILES string of the molecule is CCCC(OC(=O)CCCS)C(OC(=O)CCCS)(OC(=O)CCCS)OC(=O)CCCS. The number of ether oxygens (including phenoxy) is 4. The molecule has 192 valence electrons. The van der Waals surface area contributed by atoms with Gasteiger partial charge >= 0.3 is 29.9 Å². The normalized spacial score (nSPS) is 12.0. The Morgan fingerprint density at radius 3 is 1.27 bits per heavy atom. The van der Waals surface area contributed by atoms with Crippen molar-refractivity contribution in [3.63, 3.8) is 0 Å². The molecule has 0 amide bonds. The molecule has 0 aliphatic rings. The van der Waals surface area contributed by atoms with E-state index < -0.39 is 36.0 Å². The number of esters is 4. The van der Waals surface area contributed by atoms with Crippen LogP contribution in [0.2, 0.25) is 0 Å². The number of carbonyl (C=O) groups is 4. The monoisotopic (exact) mass is 544 g/mol. The standard InChI is InChI=1S/C21H36O8S4/c1-2-7-16(26-17(22)8-3-12-30)21(27-18(23)9-4-13-31,28-19(24)10-5-14-32)29-20(25)11-6-15-33/h16,30-33H,2-15H2,1H3. The molecular weight excluding hydrogens is 508 g/mol. The predicted octanol–water partition coefficient (Wildman–Crippen LogP) is 3.82. The van der Waals surface area contributed by atoms with Gasteiger partial charge in [0.25, 0.3) is 0 Å². The fourth-order valence-corrected chi connectivity index (χ4v) is 3.20. The van der Waals surface area contributed by atoms with E-state index in [0.717, 1.165) is 0 Å². The zero-order valence-corrected chi connectivity index (χ0v) is 22.6. The molecule has 1 atom stereocenters. The Balaban J connectivity index is 6.14. The number of hydrogen-bond donors (Lipinski definition) is 4. The van der Waals surface area contributed by atoms with Crippen LogP contribution in [0.3, 0.4) is 0 Å². The van der Waals surface area contributed by atoms with Crippen LogP contribution in [-0.2, 0) is 38.1 Å². The highest BCUT2D eigenvalue weighted by molar-refractivity contribution is 7.80. The Morgan fingerprint density at radius 1 is 0.636 bits per heavy atom. The van der Waals surface area contributed by atoms with Gasteiger partial charge in [-0.3, -0.25) is 19.2 Å². The molecule has 0 saturated heterocycles. The maximum Gasteiger partial charge on any atom is 0.463 e. The summed E-state index contributed by atoms with van der Waals surface area (Å²) in [6.45, 7) is 1.80. The fraction of sp³-hybridized carbons (Fsp3) is 0.810. The maximum atomic E-state index is 12.6. The molecule has 0 aliphatic heterocycles. The first kappa shape index (κ1) is 32.3. The summed E-state index contributed by atoms with van der Waals surface area (Å²) in [7, 11) is 0. The molecule has 0 bridgehead atoms. The van der Waals surface area contributed by atoms with Crippen LogP contribution in [0.4, 0.5) is 0 Å². The molecule has 0 aromatic carbocycles. The van der Waals surface area contributed by atoms with Crippen molar-refractivity contribution in [2.45, 2.75) is 83.2 Å². The summed E-state index contributed by atoms with van der Waals surface area (Å²) in [5, 5.41) is 0. The minimum absolute atomic E-state index is 0.0502. The van der Waals surface area contributed by atoms with E-state index in [-0.39, 0.29) is 32.1 Å². The fourth-order valence-electron chi connectivity index (χ4n) is 2.57. The van der Waals surface area contributed by atoms with Gasteiger partial charge in [0.15, 0.2) is 0 Å². The largest absolute Gasteiger partial charge is 0.463 e. The van der Waals surface area contributed by atoms with Gasteiger partial charge in [-0.05, 0) is 55.1 Å².